The van der Waals surface area contributed by atoms with E-state index in [1.165, 1.54) is 4.90 Å². The number of benzene rings is 3. The van der Waals surface area contributed by atoms with Crippen molar-refractivity contribution in [3.63, 3.8) is 0 Å². The normalized spacial score (nSPS) is 12.9. The smallest absolute Gasteiger partial charge is 0.408 e. The fourth-order valence-corrected chi connectivity index (χ4v) is 4.52. The van der Waals surface area contributed by atoms with E-state index in [4.69, 9.17) is 10.5 Å². The first-order valence-electron chi connectivity index (χ1n) is 13.7. The first-order chi connectivity index (χ1) is 19.2. The van der Waals surface area contributed by atoms with Crippen molar-refractivity contribution in [2.45, 2.75) is 78.1 Å². The Morgan fingerprint density at radius 1 is 0.927 bits per heavy atom. The van der Waals surface area contributed by atoms with Crippen molar-refractivity contribution in [3.8, 4) is 0 Å². The van der Waals surface area contributed by atoms with Gasteiger partial charge in [0.15, 0.2) is 0 Å². The molecule has 3 rings (SSSR count). The number of carbonyl (C=O) groups excluding carboxylic acids is 4. The van der Waals surface area contributed by atoms with Gasteiger partial charge in [-0.3, -0.25) is 14.4 Å². The number of amides is 4. The number of nitrogens with two attached hydrogens (primary N) is 1. The van der Waals surface area contributed by atoms with Gasteiger partial charge in [-0.2, -0.15) is 0 Å². The lowest BCUT2D eigenvalue weighted by molar-refractivity contribution is -0.143. The van der Waals surface area contributed by atoms with Gasteiger partial charge in [-0.05, 0) is 76.4 Å². The highest BCUT2D eigenvalue weighted by molar-refractivity contribution is 6.00. The van der Waals surface area contributed by atoms with Gasteiger partial charge >= 0.3 is 6.09 Å². The molecule has 0 aliphatic rings. The third kappa shape index (κ3) is 8.79. The van der Waals surface area contributed by atoms with Gasteiger partial charge in [-0.15, -0.1) is 0 Å². The zero-order chi connectivity index (χ0) is 30.3. The van der Waals surface area contributed by atoms with E-state index in [1.54, 1.807) is 34.6 Å². The Balaban J connectivity index is 2.01. The molecular weight excluding hydrogens is 520 g/mol. The molecule has 41 heavy (non-hydrogen) atoms. The fourth-order valence-electron chi connectivity index (χ4n) is 4.52. The lowest BCUT2D eigenvalue weighted by Gasteiger charge is -2.37. The van der Waals surface area contributed by atoms with Crippen molar-refractivity contribution >= 4 is 40.3 Å². The molecule has 9 nitrogen and oxygen atoms in total. The summed E-state index contributed by atoms with van der Waals surface area (Å²) in [6.45, 7) is 10.6. The molecular formula is C32H40N4O5. The van der Waals surface area contributed by atoms with E-state index in [-0.39, 0.29) is 12.8 Å². The number of aryl methyl sites for hydroxylation is 1. The summed E-state index contributed by atoms with van der Waals surface area (Å²) in [5.41, 5.74) is 6.75. The number of nitrogens with one attached hydrogen (secondary N) is 2. The van der Waals surface area contributed by atoms with Crippen LogP contribution in [0.1, 0.15) is 64.6 Å². The Bertz CT molecular complexity index is 1400. The number of carbonyl (C=O) groups is 4. The van der Waals surface area contributed by atoms with E-state index in [0.717, 1.165) is 16.3 Å². The molecule has 0 spiro atoms. The summed E-state index contributed by atoms with van der Waals surface area (Å²) in [5, 5.41) is 7.57. The zero-order valence-electron chi connectivity index (χ0n) is 24.6. The Morgan fingerprint density at radius 3 is 2.15 bits per heavy atom. The molecule has 0 saturated heterocycles. The first-order valence-corrected chi connectivity index (χ1v) is 13.7. The average molecular weight is 561 g/mol. The Kier molecular flexibility index (Phi) is 10.1. The van der Waals surface area contributed by atoms with Crippen molar-refractivity contribution in [1.29, 1.82) is 0 Å². The number of fused-ring (bicyclic) bond motifs is 1. The molecule has 3 aromatic carbocycles. The molecule has 2 atom stereocenters. The molecule has 3 aromatic rings. The molecule has 2 unspecified atom stereocenters. The number of alkyl carbamates (subject to hydrolysis) is 1. The van der Waals surface area contributed by atoms with Gasteiger partial charge in [0.25, 0.3) is 5.91 Å². The SMILES string of the molecule is Cc1ccc(C(C(=O)Nc2ccc3ccccc3c2)N(C(=O)C(CCC(N)=O)NC(=O)OC(C)(C)C)C(C)C)cc1. The summed E-state index contributed by atoms with van der Waals surface area (Å²) in [6, 6.07) is 18.1. The van der Waals surface area contributed by atoms with Crippen molar-refractivity contribution in [2.75, 3.05) is 5.32 Å². The van der Waals surface area contributed by atoms with E-state index >= 15 is 0 Å². The number of hydrogen-bond acceptors (Lipinski definition) is 5. The minimum Gasteiger partial charge on any atom is -0.444 e. The molecule has 218 valence electrons. The second-order valence-electron chi connectivity index (χ2n) is 11.4. The maximum Gasteiger partial charge on any atom is 0.408 e. The molecule has 0 aromatic heterocycles. The van der Waals surface area contributed by atoms with Gasteiger partial charge in [0.2, 0.25) is 11.8 Å². The van der Waals surface area contributed by atoms with Crippen LogP contribution in [-0.4, -0.2) is 46.4 Å². The number of hydrogen-bond donors (Lipinski definition) is 3. The van der Waals surface area contributed by atoms with Crippen LogP contribution in [0.15, 0.2) is 66.7 Å². The van der Waals surface area contributed by atoms with Crippen molar-refractivity contribution < 1.29 is 23.9 Å². The molecule has 0 aliphatic heterocycles. The van der Waals surface area contributed by atoms with E-state index in [2.05, 4.69) is 10.6 Å². The molecule has 0 aliphatic carbocycles. The molecule has 0 heterocycles. The maximum absolute atomic E-state index is 14.1. The fraction of sp³-hybridized carbons (Fsp3) is 0.375. The van der Waals surface area contributed by atoms with Gasteiger partial charge in [0.1, 0.15) is 17.7 Å². The van der Waals surface area contributed by atoms with E-state index in [9.17, 15) is 19.2 Å². The second kappa shape index (κ2) is 13.3. The molecule has 0 saturated carbocycles. The molecule has 4 N–H and O–H groups in total. The summed E-state index contributed by atoms with van der Waals surface area (Å²) in [6.07, 6.45) is -1.00. The summed E-state index contributed by atoms with van der Waals surface area (Å²) in [7, 11) is 0. The standard InChI is InChI=1S/C32H40N4O5/c1-20(2)36(30(39)26(17-18-27(33)37)35-31(40)41-32(4,5)6)28(23-13-11-21(3)12-14-23)29(38)34-25-16-15-22-9-7-8-10-24(22)19-25/h7-16,19-20,26,28H,17-18H2,1-6H3,(H2,33,37)(H,34,38)(H,35,40). The topological polar surface area (TPSA) is 131 Å². The van der Waals surface area contributed by atoms with Crippen LogP contribution in [0, 0.1) is 6.92 Å². The number of nitrogens with zero attached hydrogens (tertiary/aromatic N) is 1. The minimum absolute atomic E-state index is 0.0520. The maximum atomic E-state index is 14.1. The molecule has 0 radical (unpaired) electrons. The van der Waals surface area contributed by atoms with Gasteiger partial charge in [0.05, 0.1) is 0 Å². The Hall–Kier alpha value is -4.40. The molecule has 0 bridgehead atoms. The Morgan fingerprint density at radius 2 is 1.56 bits per heavy atom. The van der Waals surface area contributed by atoms with Crippen molar-refractivity contribution in [3.05, 3.63) is 77.9 Å². The van der Waals surface area contributed by atoms with Crippen LogP contribution < -0.4 is 16.4 Å². The van der Waals surface area contributed by atoms with Gasteiger partial charge in [0, 0.05) is 18.2 Å². The second-order valence-corrected chi connectivity index (χ2v) is 11.4. The summed E-state index contributed by atoms with van der Waals surface area (Å²) in [4.78, 5) is 53.9. The number of rotatable bonds is 10. The summed E-state index contributed by atoms with van der Waals surface area (Å²) < 4.78 is 5.37. The highest BCUT2D eigenvalue weighted by atomic mass is 16.6. The van der Waals surface area contributed by atoms with Gasteiger partial charge in [-0.25, -0.2) is 4.79 Å². The van der Waals surface area contributed by atoms with Crippen LogP contribution in [0.25, 0.3) is 10.8 Å². The predicted molar refractivity (Wildman–Crippen MR) is 160 cm³/mol. The van der Waals surface area contributed by atoms with Crippen LogP contribution >= 0.6 is 0 Å². The highest BCUT2D eigenvalue weighted by Gasteiger charge is 2.38. The van der Waals surface area contributed by atoms with Gasteiger partial charge < -0.3 is 26.0 Å². The number of primary amides is 1. The third-order valence-electron chi connectivity index (χ3n) is 6.42. The largest absolute Gasteiger partial charge is 0.444 e. The monoisotopic (exact) mass is 560 g/mol. The van der Waals surface area contributed by atoms with Crippen LogP contribution in [0.2, 0.25) is 0 Å². The molecule has 9 heteroatoms. The number of anilines is 1. The minimum atomic E-state index is -1.15. The summed E-state index contributed by atoms with van der Waals surface area (Å²) in [5.74, 6) is -1.57. The van der Waals surface area contributed by atoms with E-state index < -0.39 is 47.5 Å². The van der Waals surface area contributed by atoms with E-state index in [1.807, 2.05) is 73.7 Å². The quantitative estimate of drug-likeness (QED) is 0.313. The lowest BCUT2D eigenvalue weighted by atomic mass is 9.99. The zero-order valence-corrected chi connectivity index (χ0v) is 24.6. The predicted octanol–water partition coefficient (Wildman–Crippen LogP) is 5.22. The average Bonchev–Trinajstić information content (AvgIpc) is 2.88. The van der Waals surface area contributed by atoms with Crippen LogP contribution in [0.4, 0.5) is 10.5 Å². The van der Waals surface area contributed by atoms with Crippen LogP contribution in [0.3, 0.4) is 0 Å². The van der Waals surface area contributed by atoms with Crippen LogP contribution in [-0.2, 0) is 19.1 Å². The molecule has 0 fully saturated rings. The van der Waals surface area contributed by atoms with Crippen molar-refractivity contribution in [2.24, 2.45) is 5.73 Å². The van der Waals surface area contributed by atoms with Crippen LogP contribution in [0.5, 0.6) is 0 Å². The summed E-state index contributed by atoms with van der Waals surface area (Å²) >= 11 is 0. The van der Waals surface area contributed by atoms with Crippen molar-refractivity contribution in [1.82, 2.24) is 10.2 Å². The highest BCUT2D eigenvalue weighted by Crippen LogP contribution is 2.28. The lowest BCUT2D eigenvalue weighted by Crippen LogP contribution is -2.54. The Labute approximate surface area is 241 Å². The molecule has 4 amide bonds. The third-order valence-corrected chi connectivity index (χ3v) is 6.42. The van der Waals surface area contributed by atoms with Gasteiger partial charge in [-0.1, -0.05) is 60.2 Å². The van der Waals surface area contributed by atoms with E-state index in [0.29, 0.717) is 11.3 Å². The first kappa shape index (κ1) is 31.1. The number of ether oxygens (including phenoxy) is 1.